The van der Waals surface area contributed by atoms with Crippen LogP contribution in [0, 0.1) is 0 Å². The van der Waals surface area contributed by atoms with Crippen LogP contribution >= 0.6 is 0 Å². The normalized spacial score (nSPS) is 11.8. The molecule has 0 aliphatic heterocycles. The van der Waals surface area contributed by atoms with Crippen molar-refractivity contribution in [2.45, 2.75) is 0 Å². The van der Waals surface area contributed by atoms with E-state index in [0.717, 1.165) is 16.7 Å². The standard InChI is InChI=1S/C21H16O4/c1-24-17-10-14-13-8-9-16(22)19(12-6-4-3-5-7-12)20(13)21(23)15(14)11-18(17)25-2/h3-11,22H,1-2H3. The third-order valence-corrected chi connectivity index (χ3v) is 4.53. The van der Waals surface area contributed by atoms with Crippen LogP contribution in [0.3, 0.4) is 0 Å². The van der Waals surface area contributed by atoms with Crippen molar-refractivity contribution >= 4 is 5.78 Å². The van der Waals surface area contributed by atoms with E-state index in [4.69, 9.17) is 9.47 Å². The molecule has 0 amide bonds. The average Bonchev–Trinajstić information content (AvgIpc) is 2.93. The van der Waals surface area contributed by atoms with Gasteiger partial charge in [-0.05, 0) is 41.0 Å². The molecule has 0 fully saturated rings. The molecule has 0 unspecified atom stereocenters. The monoisotopic (exact) mass is 332 g/mol. The number of phenolic OH excluding ortho intramolecular Hbond substituents is 1. The zero-order chi connectivity index (χ0) is 17.6. The molecule has 3 aromatic carbocycles. The van der Waals surface area contributed by atoms with E-state index in [0.29, 0.717) is 28.2 Å². The molecule has 4 nitrogen and oxygen atoms in total. The molecule has 0 aromatic heterocycles. The quantitative estimate of drug-likeness (QED) is 0.608. The third kappa shape index (κ3) is 2.18. The van der Waals surface area contributed by atoms with Crippen LogP contribution < -0.4 is 9.47 Å². The molecule has 1 N–H and O–H groups in total. The SMILES string of the molecule is COc1cc2c(cc1OC)-c1ccc(O)c(-c3ccccc3)c1C2=O. The maximum Gasteiger partial charge on any atom is 0.195 e. The first-order valence-corrected chi connectivity index (χ1v) is 7.88. The Morgan fingerprint density at radius 1 is 0.760 bits per heavy atom. The number of aromatic hydroxyl groups is 1. The predicted molar refractivity (Wildman–Crippen MR) is 95.5 cm³/mol. The summed E-state index contributed by atoms with van der Waals surface area (Å²) in [5.74, 6) is 1.04. The first kappa shape index (κ1) is 15.3. The molecule has 4 heteroatoms. The number of rotatable bonds is 3. The molecule has 25 heavy (non-hydrogen) atoms. The number of hydrogen-bond acceptors (Lipinski definition) is 4. The van der Waals surface area contributed by atoms with Gasteiger partial charge in [0.15, 0.2) is 17.3 Å². The summed E-state index contributed by atoms with van der Waals surface area (Å²) in [5.41, 5.74) is 3.99. The Hall–Kier alpha value is -3.27. The van der Waals surface area contributed by atoms with Crippen molar-refractivity contribution in [1.82, 2.24) is 0 Å². The summed E-state index contributed by atoms with van der Waals surface area (Å²) in [6.45, 7) is 0. The maximum absolute atomic E-state index is 13.1. The lowest BCUT2D eigenvalue weighted by Crippen LogP contribution is -1.99. The second-order valence-corrected chi connectivity index (χ2v) is 5.83. The predicted octanol–water partition coefficient (Wildman–Crippen LogP) is 4.29. The maximum atomic E-state index is 13.1. The van der Waals surface area contributed by atoms with Gasteiger partial charge in [0.25, 0.3) is 0 Å². The van der Waals surface area contributed by atoms with Gasteiger partial charge in [0.2, 0.25) is 0 Å². The Balaban J connectivity index is 2.01. The minimum absolute atomic E-state index is 0.0880. The summed E-state index contributed by atoms with van der Waals surface area (Å²) < 4.78 is 10.7. The molecule has 0 radical (unpaired) electrons. The summed E-state index contributed by atoms with van der Waals surface area (Å²) >= 11 is 0. The first-order chi connectivity index (χ1) is 12.2. The Bertz CT molecular complexity index is 991. The number of ketones is 1. The number of fused-ring (bicyclic) bond motifs is 3. The summed E-state index contributed by atoms with van der Waals surface area (Å²) in [6.07, 6.45) is 0. The van der Waals surface area contributed by atoms with Crippen LogP contribution in [-0.4, -0.2) is 25.1 Å². The van der Waals surface area contributed by atoms with Crippen LogP contribution in [0.5, 0.6) is 17.2 Å². The first-order valence-electron chi connectivity index (χ1n) is 7.88. The second-order valence-electron chi connectivity index (χ2n) is 5.83. The molecule has 3 aromatic rings. The number of methoxy groups -OCH3 is 2. The van der Waals surface area contributed by atoms with Gasteiger partial charge < -0.3 is 14.6 Å². The molecule has 0 atom stereocenters. The van der Waals surface area contributed by atoms with Gasteiger partial charge in [0.05, 0.1) is 14.2 Å². The van der Waals surface area contributed by atoms with Crippen molar-refractivity contribution in [3.8, 4) is 39.5 Å². The zero-order valence-electron chi connectivity index (χ0n) is 13.9. The summed E-state index contributed by atoms with van der Waals surface area (Å²) in [5, 5.41) is 10.4. The highest BCUT2D eigenvalue weighted by molar-refractivity contribution is 6.25. The topological polar surface area (TPSA) is 55.8 Å². The lowest BCUT2D eigenvalue weighted by atomic mass is 9.94. The molecule has 1 aliphatic carbocycles. The van der Waals surface area contributed by atoms with E-state index in [1.165, 1.54) is 7.11 Å². The second kappa shape index (κ2) is 5.67. The smallest absolute Gasteiger partial charge is 0.195 e. The van der Waals surface area contributed by atoms with Gasteiger partial charge in [-0.2, -0.15) is 0 Å². The lowest BCUT2D eigenvalue weighted by Gasteiger charge is -2.11. The molecule has 0 heterocycles. The Morgan fingerprint density at radius 2 is 1.40 bits per heavy atom. The fraction of sp³-hybridized carbons (Fsp3) is 0.0952. The molecular weight excluding hydrogens is 316 g/mol. The van der Waals surface area contributed by atoms with Gasteiger partial charge in [0, 0.05) is 16.7 Å². The van der Waals surface area contributed by atoms with E-state index in [1.54, 1.807) is 25.3 Å². The number of ether oxygens (including phenoxy) is 2. The minimum atomic E-state index is -0.124. The van der Waals surface area contributed by atoms with Crippen molar-refractivity contribution in [3.05, 3.63) is 65.7 Å². The van der Waals surface area contributed by atoms with Gasteiger partial charge in [-0.15, -0.1) is 0 Å². The molecule has 0 saturated heterocycles. The fourth-order valence-electron chi connectivity index (χ4n) is 3.37. The van der Waals surface area contributed by atoms with Crippen LogP contribution in [0.15, 0.2) is 54.6 Å². The molecule has 4 rings (SSSR count). The fourth-order valence-corrected chi connectivity index (χ4v) is 3.37. The Kier molecular flexibility index (Phi) is 3.46. The van der Waals surface area contributed by atoms with Crippen LogP contribution in [0.4, 0.5) is 0 Å². The van der Waals surface area contributed by atoms with Gasteiger partial charge in [0.1, 0.15) is 5.75 Å². The lowest BCUT2D eigenvalue weighted by molar-refractivity contribution is 0.104. The number of benzene rings is 3. The minimum Gasteiger partial charge on any atom is -0.507 e. The van der Waals surface area contributed by atoms with Crippen molar-refractivity contribution in [3.63, 3.8) is 0 Å². The van der Waals surface area contributed by atoms with Crippen LogP contribution in [0.1, 0.15) is 15.9 Å². The van der Waals surface area contributed by atoms with Gasteiger partial charge >= 0.3 is 0 Å². The largest absolute Gasteiger partial charge is 0.507 e. The van der Waals surface area contributed by atoms with Gasteiger partial charge in [-0.3, -0.25) is 4.79 Å². The highest BCUT2D eigenvalue weighted by atomic mass is 16.5. The van der Waals surface area contributed by atoms with E-state index in [1.807, 2.05) is 36.4 Å². The van der Waals surface area contributed by atoms with E-state index in [9.17, 15) is 9.90 Å². The molecule has 0 spiro atoms. The van der Waals surface area contributed by atoms with Crippen molar-refractivity contribution in [2.75, 3.05) is 14.2 Å². The third-order valence-electron chi connectivity index (χ3n) is 4.53. The van der Waals surface area contributed by atoms with E-state index >= 15 is 0 Å². The van der Waals surface area contributed by atoms with Gasteiger partial charge in [-0.25, -0.2) is 0 Å². The summed E-state index contributed by atoms with van der Waals surface area (Å²) in [7, 11) is 3.10. The Labute approximate surface area is 145 Å². The molecule has 0 saturated carbocycles. The van der Waals surface area contributed by atoms with E-state index < -0.39 is 0 Å². The molecule has 1 aliphatic rings. The van der Waals surface area contributed by atoms with Crippen LogP contribution in [0.2, 0.25) is 0 Å². The van der Waals surface area contributed by atoms with Crippen molar-refractivity contribution < 1.29 is 19.4 Å². The number of carbonyl (C=O) groups excluding carboxylic acids is 1. The van der Waals surface area contributed by atoms with Gasteiger partial charge in [-0.1, -0.05) is 30.3 Å². The zero-order valence-corrected chi connectivity index (χ0v) is 13.9. The van der Waals surface area contributed by atoms with Crippen LogP contribution in [-0.2, 0) is 0 Å². The van der Waals surface area contributed by atoms with E-state index in [-0.39, 0.29) is 11.5 Å². The Morgan fingerprint density at radius 3 is 2.04 bits per heavy atom. The van der Waals surface area contributed by atoms with Crippen LogP contribution in [0.25, 0.3) is 22.3 Å². The summed E-state index contributed by atoms with van der Waals surface area (Å²) in [6, 6.07) is 16.3. The number of carbonyl (C=O) groups is 1. The molecular formula is C21H16O4. The average molecular weight is 332 g/mol. The van der Waals surface area contributed by atoms with Crippen molar-refractivity contribution in [1.29, 1.82) is 0 Å². The molecule has 124 valence electrons. The highest BCUT2D eigenvalue weighted by Gasteiger charge is 2.32. The molecule has 0 bridgehead atoms. The number of hydrogen-bond donors (Lipinski definition) is 1. The highest BCUT2D eigenvalue weighted by Crippen LogP contribution is 2.48. The summed E-state index contributed by atoms with van der Waals surface area (Å²) in [4.78, 5) is 13.1. The number of phenols is 1. The van der Waals surface area contributed by atoms with E-state index in [2.05, 4.69) is 0 Å². The van der Waals surface area contributed by atoms with Crippen molar-refractivity contribution in [2.24, 2.45) is 0 Å².